The summed E-state index contributed by atoms with van der Waals surface area (Å²) in [5, 5.41) is 5.83. The largest absolute Gasteiger partial charge is 0.486 e. The van der Waals surface area contributed by atoms with Crippen LogP contribution in [-0.2, 0) is 0 Å². The van der Waals surface area contributed by atoms with Crippen molar-refractivity contribution in [3.05, 3.63) is 75.3 Å². The zero-order valence-electron chi connectivity index (χ0n) is 16.3. The number of benzene rings is 2. The van der Waals surface area contributed by atoms with Crippen LogP contribution in [0.5, 0.6) is 11.5 Å². The number of halogens is 2. The first kappa shape index (κ1) is 19.1. The molecule has 10 heteroatoms. The number of ether oxygens (including phenoxy) is 2. The maximum atomic E-state index is 13.2. The third-order valence-electron chi connectivity index (χ3n) is 5.20. The number of rotatable bonds is 2. The quantitative estimate of drug-likeness (QED) is 0.388. The van der Waals surface area contributed by atoms with Crippen LogP contribution in [0.3, 0.4) is 0 Å². The van der Waals surface area contributed by atoms with Crippen molar-refractivity contribution in [3.63, 3.8) is 0 Å². The normalized spacial score (nSPS) is 13.1. The summed E-state index contributed by atoms with van der Waals surface area (Å²) in [6.45, 7) is 1.01. The molecule has 0 amide bonds. The Balaban J connectivity index is 1.50. The predicted molar refractivity (Wildman–Crippen MR) is 120 cm³/mol. The van der Waals surface area contributed by atoms with Gasteiger partial charge in [0, 0.05) is 23.0 Å². The van der Waals surface area contributed by atoms with E-state index in [4.69, 9.17) is 32.7 Å². The van der Waals surface area contributed by atoms with Crippen LogP contribution in [-0.4, -0.2) is 37.4 Å². The van der Waals surface area contributed by atoms with Gasteiger partial charge in [0.05, 0.1) is 21.6 Å². The molecule has 6 rings (SSSR count). The third-order valence-corrected chi connectivity index (χ3v) is 5.74. The molecule has 0 aliphatic carbocycles. The summed E-state index contributed by atoms with van der Waals surface area (Å²) >= 11 is 12.3. The number of aromatic nitrogens is 5. The Morgan fingerprint density at radius 2 is 1.81 bits per heavy atom. The maximum Gasteiger partial charge on any atom is 0.266 e. The van der Waals surface area contributed by atoms with Gasteiger partial charge in [0.25, 0.3) is 11.3 Å². The lowest BCUT2D eigenvalue weighted by atomic mass is 10.2. The van der Waals surface area contributed by atoms with Crippen LogP contribution in [0.2, 0.25) is 10.0 Å². The monoisotopic (exact) mass is 465 g/mol. The minimum absolute atomic E-state index is 0.280. The van der Waals surface area contributed by atoms with Gasteiger partial charge in [-0.15, -0.1) is 5.10 Å². The van der Waals surface area contributed by atoms with Crippen molar-refractivity contribution in [2.75, 3.05) is 13.2 Å². The summed E-state index contributed by atoms with van der Waals surface area (Å²) in [5.41, 5.74) is 1.59. The second-order valence-electron chi connectivity index (χ2n) is 7.15. The van der Waals surface area contributed by atoms with Crippen molar-refractivity contribution in [2.24, 2.45) is 0 Å². The van der Waals surface area contributed by atoms with Crippen LogP contribution < -0.4 is 15.0 Å². The third kappa shape index (κ3) is 2.99. The summed E-state index contributed by atoms with van der Waals surface area (Å²) in [5.74, 6) is 2.18. The molecule has 0 radical (unpaired) electrons. The van der Waals surface area contributed by atoms with E-state index in [0.29, 0.717) is 63.0 Å². The Labute approximate surface area is 190 Å². The van der Waals surface area contributed by atoms with Crippen molar-refractivity contribution in [1.82, 2.24) is 24.1 Å². The van der Waals surface area contributed by atoms with E-state index in [1.165, 1.54) is 10.8 Å². The van der Waals surface area contributed by atoms with E-state index < -0.39 is 0 Å². The first-order chi connectivity index (χ1) is 15.6. The van der Waals surface area contributed by atoms with Gasteiger partial charge >= 0.3 is 0 Å². The van der Waals surface area contributed by atoms with Gasteiger partial charge in [-0.2, -0.15) is 9.50 Å². The fourth-order valence-electron chi connectivity index (χ4n) is 3.69. The fraction of sp³-hybridized carbons (Fsp3) is 0.0909. The molecule has 0 bridgehead atoms. The van der Waals surface area contributed by atoms with E-state index in [0.717, 1.165) is 5.56 Å². The molecule has 2 aromatic carbocycles. The standard InChI is InChI=1S/C22H13Cl2N5O3/c23-13-2-3-17(15(24)10-13)28-6-5-16-14(21(28)30)11-25-22-26-20(27-29(16)22)12-1-4-18-19(9-12)32-8-7-31-18/h1-6,9-11H,7-8H2. The van der Waals surface area contributed by atoms with Gasteiger partial charge in [-0.05, 0) is 42.5 Å². The molecule has 0 unspecified atom stereocenters. The summed E-state index contributed by atoms with van der Waals surface area (Å²) in [7, 11) is 0. The van der Waals surface area contributed by atoms with Gasteiger partial charge in [-0.25, -0.2) is 4.98 Å². The highest BCUT2D eigenvalue weighted by Crippen LogP contribution is 2.33. The van der Waals surface area contributed by atoms with Crippen LogP contribution in [0.4, 0.5) is 0 Å². The van der Waals surface area contributed by atoms with Crippen LogP contribution >= 0.6 is 23.2 Å². The molecule has 4 heterocycles. The SMILES string of the molecule is O=c1c2cnc3nc(-c4ccc5c(c4)OCCO5)nn3c2ccn1-c1ccc(Cl)cc1Cl. The number of hydrogen-bond donors (Lipinski definition) is 0. The second-order valence-corrected chi connectivity index (χ2v) is 7.99. The number of nitrogens with zero attached hydrogens (tertiary/aromatic N) is 5. The lowest BCUT2D eigenvalue weighted by Crippen LogP contribution is -2.19. The minimum Gasteiger partial charge on any atom is -0.486 e. The zero-order chi connectivity index (χ0) is 21.8. The first-order valence-electron chi connectivity index (χ1n) is 9.71. The molecule has 32 heavy (non-hydrogen) atoms. The Kier molecular flexibility index (Phi) is 4.31. The molecule has 0 atom stereocenters. The van der Waals surface area contributed by atoms with E-state index in [1.807, 2.05) is 18.2 Å². The number of fused-ring (bicyclic) bond motifs is 4. The molecule has 0 fully saturated rings. The van der Waals surface area contributed by atoms with Gasteiger partial charge in [0.2, 0.25) is 0 Å². The predicted octanol–water partition coefficient (Wildman–Crippen LogP) is 4.17. The van der Waals surface area contributed by atoms with Gasteiger partial charge in [-0.3, -0.25) is 9.36 Å². The average molecular weight is 466 g/mol. The van der Waals surface area contributed by atoms with Crippen molar-refractivity contribution >= 4 is 39.9 Å². The fourth-order valence-corrected chi connectivity index (χ4v) is 4.19. The highest BCUT2D eigenvalue weighted by molar-refractivity contribution is 6.35. The first-order valence-corrected chi connectivity index (χ1v) is 10.5. The zero-order valence-corrected chi connectivity index (χ0v) is 17.8. The summed E-state index contributed by atoms with van der Waals surface area (Å²) in [6, 6.07) is 12.3. The smallest absolute Gasteiger partial charge is 0.266 e. The van der Waals surface area contributed by atoms with E-state index in [1.54, 1.807) is 35.0 Å². The molecular weight excluding hydrogens is 453 g/mol. The van der Waals surface area contributed by atoms with Crippen LogP contribution in [0.1, 0.15) is 0 Å². The molecule has 158 valence electrons. The van der Waals surface area contributed by atoms with E-state index in [2.05, 4.69) is 15.1 Å². The molecule has 8 nitrogen and oxygen atoms in total. The van der Waals surface area contributed by atoms with E-state index in [9.17, 15) is 4.79 Å². The highest BCUT2D eigenvalue weighted by atomic mass is 35.5. The molecular formula is C22H13Cl2N5O3. The molecule has 5 aromatic rings. The van der Waals surface area contributed by atoms with Crippen LogP contribution in [0.25, 0.3) is 33.8 Å². The maximum absolute atomic E-state index is 13.2. The lowest BCUT2D eigenvalue weighted by Gasteiger charge is -2.18. The Bertz CT molecular complexity index is 1590. The van der Waals surface area contributed by atoms with Gasteiger partial charge in [0.1, 0.15) is 13.2 Å². The van der Waals surface area contributed by atoms with Crippen molar-refractivity contribution < 1.29 is 9.47 Å². The molecule has 0 saturated carbocycles. The van der Waals surface area contributed by atoms with Crippen LogP contribution in [0, 0.1) is 0 Å². The Morgan fingerprint density at radius 3 is 2.66 bits per heavy atom. The topological polar surface area (TPSA) is 83.5 Å². The number of hydrogen-bond acceptors (Lipinski definition) is 6. The summed E-state index contributed by atoms with van der Waals surface area (Å²) < 4.78 is 14.2. The van der Waals surface area contributed by atoms with Gasteiger partial charge < -0.3 is 9.47 Å². The second kappa shape index (κ2) is 7.22. The summed E-state index contributed by atoms with van der Waals surface area (Å²) in [4.78, 5) is 22.0. The molecule has 0 N–H and O–H groups in total. The molecule has 3 aromatic heterocycles. The molecule has 0 spiro atoms. The molecule has 0 saturated heterocycles. The number of pyridine rings is 1. The van der Waals surface area contributed by atoms with Gasteiger partial charge in [0.15, 0.2) is 17.3 Å². The minimum atomic E-state index is -0.280. The molecule has 1 aliphatic rings. The Hall–Kier alpha value is -3.62. The highest BCUT2D eigenvalue weighted by Gasteiger charge is 2.17. The average Bonchev–Trinajstić information content (AvgIpc) is 3.24. The van der Waals surface area contributed by atoms with Crippen molar-refractivity contribution in [3.8, 4) is 28.6 Å². The van der Waals surface area contributed by atoms with Crippen molar-refractivity contribution in [1.29, 1.82) is 0 Å². The Morgan fingerprint density at radius 1 is 0.969 bits per heavy atom. The van der Waals surface area contributed by atoms with E-state index in [-0.39, 0.29) is 5.56 Å². The lowest BCUT2D eigenvalue weighted by molar-refractivity contribution is 0.171. The van der Waals surface area contributed by atoms with Gasteiger partial charge in [-0.1, -0.05) is 23.2 Å². The summed E-state index contributed by atoms with van der Waals surface area (Å²) in [6.07, 6.45) is 3.14. The van der Waals surface area contributed by atoms with Crippen molar-refractivity contribution in [2.45, 2.75) is 0 Å². The molecule has 1 aliphatic heterocycles. The van der Waals surface area contributed by atoms with E-state index >= 15 is 0 Å². The van der Waals surface area contributed by atoms with Crippen LogP contribution in [0.15, 0.2) is 59.7 Å².